The number of hydrogen-bond donors (Lipinski definition) is 1. The monoisotopic (exact) mass is 258 g/mol. The van der Waals surface area contributed by atoms with Crippen molar-refractivity contribution in [2.45, 2.75) is 13.8 Å². The minimum absolute atomic E-state index is 0.0143. The third-order valence-electron chi connectivity index (χ3n) is 2.52. The SMILES string of the molecule is Cc1nc(N)c(C)c(Oc2ccc(C#N)cc2F)n1. The molecule has 19 heavy (non-hydrogen) atoms. The Hall–Kier alpha value is -2.68. The van der Waals surface area contributed by atoms with E-state index in [2.05, 4.69) is 9.97 Å². The number of halogens is 1. The fraction of sp³-hybridized carbons (Fsp3) is 0.154. The zero-order valence-electron chi connectivity index (χ0n) is 10.4. The first-order valence-corrected chi connectivity index (χ1v) is 5.49. The van der Waals surface area contributed by atoms with Gasteiger partial charge in [0.2, 0.25) is 5.88 Å². The predicted molar refractivity (Wildman–Crippen MR) is 67.1 cm³/mol. The first kappa shape index (κ1) is 12.8. The number of benzene rings is 1. The standard InChI is InChI=1S/C13H11FN4O/c1-7-12(16)17-8(2)18-13(7)19-11-4-3-9(6-15)5-10(11)14/h3-5H,1-2H3,(H2,16,17,18). The highest BCUT2D eigenvalue weighted by Gasteiger charge is 2.12. The first-order chi connectivity index (χ1) is 9.01. The molecule has 1 aromatic carbocycles. The molecule has 0 saturated carbocycles. The average molecular weight is 258 g/mol. The van der Waals surface area contributed by atoms with Gasteiger partial charge in [0.05, 0.1) is 17.2 Å². The smallest absolute Gasteiger partial charge is 0.227 e. The minimum Gasteiger partial charge on any atom is -0.435 e. The molecule has 0 amide bonds. The lowest BCUT2D eigenvalue weighted by Gasteiger charge is -2.10. The van der Waals surface area contributed by atoms with Gasteiger partial charge < -0.3 is 10.5 Å². The molecular formula is C13H11FN4O. The second-order valence-corrected chi connectivity index (χ2v) is 3.95. The summed E-state index contributed by atoms with van der Waals surface area (Å²) in [6, 6.07) is 5.79. The summed E-state index contributed by atoms with van der Waals surface area (Å²) >= 11 is 0. The topological polar surface area (TPSA) is 84.8 Å². The molecule has 96 valence electrons. The maximum Gasteiger partial charge on any atom is 0.227 e. The Morgan fingerprint density at radius 3 is 2.68 bits per heavy atom. The maximum atomic E-state index is 13.7. The Kier molecular flexibility index (Phi) is 3.29. The summed E-state index contributed by atoms with van der Waals surface area (Å²) in [5, 5.41) is 8.66. The van der Waals surface area contributed by atoms with Crippen LogP contribution in [-0.4, -0.2) is 9.97 Å². The molecule has 0 bridgehead atoms. The summed E-state index contributed by atoms with van der Waals surface area (Å²) in [7, 11) is 0. The Morgan fingerprint density at radius 1 is 1.32 bits per heavy atom. The zero-order valence-corrected chi connectivity index (χ0v) is 10.4. The molecule has 0 aliphatic carbocycles. The molecule has 0 saturated heterocycles. The van der Waals surface area contributed by atoms with Crippen molar-refractivity contribution < 1.29 is 9.13 Å². The van der Waals surface area contributed by atoms with Crippen molar-refractivity contribution in [3.8, 4) is 17.7 Å². The van der Waals surface area contributed by atoms with E-state index in [0.29, 0.717) is 11.4 Å². The molecule has 5 nitrogen and oxygen atoms in total. The molecule has 0 atom stereocenters. The van der Waals surface area contributed by atoms with Crippen LogP contribution >= 0.6 is 0 Å². The highest BCUT2D eigenvalue weighted by Crippen LogP contribution is 2.27. The van der Waals surface area contributed by atoms with Crippen LogP contribution < -0.4 is 10.5 Å². The van der Waals surface area contributed by atoms with Crippen LogP contribution in [0.15, 0.2) is 18.2 Å². The van der Waals surface area contributed by atoms with Gasteiger partial charge in [-0.2, -0.15) is 10.2 Å². The number of nitrogens with zero attached hydrogens (tertiary/aromatic N) is 3. The number of nitrogen functional groups attached to an aromatic ring is 1. The lowest BCUT2D eigenvalue weighted by Crippen LogP contribution is -2.03. The molecule has 0 spiro atoms. The van der Waals surface area contributed by atoms with Crippen molar-refractivity contribution in [1.29, 1.82) is 5.26 Å². The summed E-state index contributed by atoms with van der Waals surface area (Å²) in [5.74, 6) is 0.283. The van der Waals surface area contributed by atoms with Crippen LogP contribution in [-0.2, 0) is 0 Å². The first-order valence-electron chi connectivity index (χ1n) is 5.49. The van der Waals surface area contributed by atoms with Crippen molar-refractivity contribution in [2.24, 2.45) is 0 Å². The number of hydrogen-bond acceptors (Lipinski definition) is 5. The fourth-order valence-corrected chi connectivity index (χ4v) is 1.48. The van der Waals surface area contributed by atoms with Gasteiger partial charge in [0, 0.05) is 0 Å². The van der Waals surface area contributed by atoms with Gasteiger partial charge in [0.25, 0.3) is 0 Å². The van der Waals surface area contributed by atoms with E-state index in [4.69, 9.17) is 15.7 Å². The van der Waals surface area contributed by atoms with Gasteiger partial charge in [0.15, 0.2) is 11.6 Å². The van der Waals surface area contributed by atoms with E-state index in [-0.39, 0.29) is 23.0 Å². The molecule has 0 unspecified atom stereocenters. The second kappa shape index (κ2) is 4.90. The third kappa shape index (κ3) is 2.60. The number of nitriles is 1. The van der Waals surface area contributed by atoms with Gasteiger partial charge in [-0.25, -0.2) is 9.37 Å². The maximum absolute atomic E-state index is 13.7. The molecule has 1 heterocycles. The Labute approximate surface area is 109 Å². The summed E-state index contributed by atoms with van der Waals surface area (Å²) < 4.78 is 19.1. The molecule has 0 fully saturated rings. The van der Waals surface area contributed by atoms with Gasteiger partial charge in [0.1, 0.15) is 11.6 Å². The van der Waals surface area contributed by atoms with Gasteiger partial charge in [-0.15, -0.1) is 0 Å². The Morgan fingerprint density at radius 2 is 2.05 bits per heavy atom. The number of aromatic nitrogens is 2. The number of anilines is 1. The predicted octanol–water partition coefficient (Wildman–Crippen LogP) is 2.48. The second-order valence-electron chi connectivity index (χ2n) is 3.95. The van der Waals surface area contributed by atoms with Crippen LogP contribution in [0, 0.1) is 31.0 Å². The van der Waals surface area contributed by atoms with Gasteiger partial charge in [-0.05, 0) is 32.0 Å². The molecule has 0 aliphatic heterocycles. The molecule has 1 aromatic heterocycles. The summed E-state index contributed by atoms with van der Waals surface area (Å²) in [4.78, 5) is 8.04. The molecular weight excluding hydrogens is 247 g/mol. The normalized spacial score (nSPS) is 10.0. The zero-order chi connectivity index (χ0) is 14.0. The van der Waals surface area contributed by atoms with E-state index in [1.807, 2.05) is 6.07 Å². The van der Waals surface area contributed by atoms with E-state index in [9.17, 15) is 4.39 Å². The number of nitrogens with two attached hydrogens (primary N) is 1. The average Bonchev–Trinajstić information content (AvgIpc) is 2.37. The molecule has 0 radical (unpaired) electrons. The quantitative estimate of drug-likeness (QED) is 0.894. The van der Waals surface area contributed by atoms with Crippen LogP contribution in [0.1, 0.15) is 17.0 Å². The summed E-state index contributed by atoms with van der Waals surface area (Å²) in [6.07, 6.45) is 0. The largest absolute Gasteiger partial charge is 0.435 e. The fourth-order valence-electron chi connectivity index (χ4n) is 1.48. The van der Waals surface area contributed by atoms with Crippen molar-refractivity contribution >= 4 is 5.82 Å². The highest BCUT2D eigenvalue weighted by molar-refractivity contribution is 5.46. The van der Waals surface area contributed by atoms with Gasteiger partial charge in [-0.3, -0.25) is 0 Å². The van der Waals surface area contributed by atoms with Crippen LogP contribution in [0.4, 0.5) is 10.2 Å². The van der Waals surface area contributed by atoms with E-state index < -0.39 is 5.82 Å². The van der Waals surface area contributed by atoms with Gasteiger partial charge in [-0.1, -0.05) is 0 Å². The highest BCUT2D eigenvalue weighted by atomic mass is 19.1. The van der Waals surface area contributed by atoms with Crippen molar-refractivity contribution in [3.63, 3.8) is 0 Å². The summed E-state index contributed by atoms with van der Waals surface area (Å²) in [6.45, 7) is 3.35. The lowest BCUT2D eigenvalue weighted by molar-refractivity contribution is 0.422. The number of rotatable bonds is 2. The Balaban J connectivity index is 2.39. The van der Waals surface area contributed by atoms with Crippen LogP contribution in [0.5, 0.6) is 11.6 Å². The van der Waals surface area contributed by atoms with E-state index in [0.717, 1.165) is 6.07 Å². The molecule has 2 aromatic rings. The third-order valence-corrected chi connectivity index (χ3v) is 2.52. The van der Waals surface area contributed by atoms with Crippen molar-refractivity contribution in [1.82, 2.24) is 9.97 Å². The summed E-state index contributed by atoms with van der Waals surface area (Å²) in [5.41, 5.74) is 6.45. The lowest BCUT2D eigenvalue weighted by atomic mass is 10.2. The van der Waals surface area contributed by atoms with Crippen LogP contribution in [0.3, 0.4) is 0 Å². The number of aryl methyl sites for hydroxylation is 1. The van der Waals surface area contributed by atoms with E-state index >= 15 is 0 Å². The minimum atomic E-state index is -0.631. The van der Waals surface area contributed by atoms with Crippen molar-refractivity contribution in [2.75, 3.05) is 5.73 Å². The Bertz CT molecular complexity index is 679. The van der Waals surface area contributed by atoms with Crippen LogP contribution in [0.25, 0.3) is 0 Å². The molecule has 6 heteroatoms. The van der Waals surface area contributed by atoms with Crippen molar-refractivity contribution in [3.05, 3.63) is 41.0 Å². The van der Waals surface area contributed by atoms with Gasteiger partial charge >= 0.3 is 0 Å². The van der Waals surface area contributed by atoms with Crippen LogP contribution in [0.2, 0.25) is 0 Å². The number of ether oxygens (including phenoxy) is 1. The van der Waals surface area contributed by atoms with E-state index in [1.54, 1.807) is 13.8 Å². The van der Waals surface area contributed by atoms with E-state index in [1.165, 1.54) is 12.1 Å². The molecule has 2 N–H and O–H groups in total. The molecule has 2 rings (SSSR count). The molecule has 0 aliphatic rings.